The van der Waals surface area contributed by atoms with Crippen LogP contribution in [0.25, 0.3) is 11.3 Å². The SMILES string of the molecule is O=C(OCCn1nc2ccccn2c1=O)c1cnn(-c2cccc(Br)c2)c1. The zero-order chi connectivity index (χ0) is 18.8. The molecule has 4 rings (SSSR count). The zero-order valence-corrected chi connectivity index (χ0v) is 15.6. The van der Waals surface area contributed by atoms with Crippen LogP contribution in [0.5, 0.6) is 0 Å². The Bertz CT molecular complexity index is 1180. The fourth-order valence-electron chi connectivity index (χ4n) is 2.61. The normalized spacial score (nSPS) is 11.0. The first-order valence-corrected chi connectivity index (χ1v) is 8.93. The minimum Gasteiger partial charge on any atom is -0.460 e. The first-order valence-electron chi connectivity index (χ1n) is 8.14. The van der Waals surface area contributed by atoms with Crippen LogP contribution >= 0.6 is 15.9 Å². The molecule has 0 N–H and O–H groups in total. The lowest BCUT2D eigenvalue weighted by Crippen LogP contribution is -2.24. The predicted molar refractivity (Wildman–Crippen MR) is 101 cm³/mol. The fourth-order valence-corrected chi connectivity index (χ4v) is 3.00. The number of carbonyl (C=O) groups excluding carboxylic acids is 1. The average molecular weight is 428 g/mol. The minimum atomic E-state index is -0.506. The minimum absolute atomic E-state index is 0.0324. The van der Waals surface area contributed by atoms with Gasteiger partial charge in [-0.3, -0.25) is 4.40 Å². The number of carbonyl (C=O) groups is 1. The molecule has 0 radical (unpaired) electrons. The van der Waals surface area contributed by atoms with Crippen molar-refractivity contribution in [3.05, 3.63) is 81.6 Å². The summed E-state index contributed by atoms with van der Waals surface area (Å²) in [5.41, 5.74) is 1.42. The van der Waals surface area contributed by atoms with Crippen molar-refractivity contribution in [1.29, 1.82) is 0 Å². The van der Waals surface area contributed by atoms with E-state index in [4.69, 9.17) is 4.74 Å². The maximum Gasteiger partial charge on any atom is 0.350 e. The van der Waals surface area contributed by atoms with Gasteiger partial charge in [-0.25, -0.2) is 19.0 Å². The molecule has 0 bridgehead atoms. The molecule has 27 heavy (non-hydrogen) atoms. The van der Waals surface area contributed by atoms with Gasteiger partial charge in [0, 0.05) is 16.9 Å². The second-order valence-electron chi connectivity index (χ2n) is 5.72. The van der Waals surface area contributed by atoms with Crippen molar-refractivity contribution in [2.24, 2.45) is 0 Å². The average Bonchev–Trinajstić information content (AvgIpc) is 3.28. The van der Waals surface area contributed by atoms with E-state index in [1.807, 2.05) is 24.3 Å². The van der Waals surface area contributed by atoms with Crippen LogP contribution in [0.1, 0.15) is 10.4 Å². The van der Waals surface area contributed by atoms with Crippen LogP contribution in [0.4, 0.5) is 0 Å². The largest absolute Gasteiger partial charge is 0.460 e. The first-order chi connectivity index (χ1) is 13.1. The summed E-state index contributed by atoms with van der Waals surface area (Å²) in [6.07, 6.45) is 4.69. The van der Waals surface area contributed by atoms with E-state index in [0.29, 0.717) is 11.2 Å². The Morgan fingerprint density at radius 2 is 2.07 bits per heavy atom. The molecule has 0 atom stereocenters. The molecule has 136 valence electrons. The molecule has 9 heteroatoms. The van der Waals surface area contributed by atoms with Crippen LogP contribution in [0, 0.1) is 0 Å². The monoisotopic (exact) mass is 427 g/mol. The molecule has 3 heterocycles. The molecule has 0 unspecified atom stereocenters. The highest BCUT2D eigenvalue weighted by molar-refractivity contribution is 9.10. The number of nitrogens with zero attached hydrogens (tertiary/aromatic N) is 5. The van der Waals surface area contributed by atoms with E-state index in [-0.39, 0.29) is 18.8 Å². The van der Waals surface area contributed by atoms with E-state index >= 15 is 0 Å². The Morgan fingerprint density at radius 3 is 2.89 bits per heavy atom. The van der Waals surface area contributed by atoms with Gasteiger partial charge in [-0.15, -0.1) is 5.10 Å². The second kappa shape index (κ2) is 7.20. The predicted octanol–water partition coefficient (Wildman–Crippen LogP) is 2.30. The lowest BCUT2D eigenvalue weighted by molar-refractivity contribution is 0.0486. The Labute approximate surface area is 161 Å². The molecule has 1 aromatic carbocycles. The van der Waals surface area contributed by atoms with Crippen LogP contribution in [0.15, 0.2) is 70.3 Å². The van der Waals surface area contributed by atoms with Crippen LogP contribution in [-0.2, 0) is 11.3 Å². The highest BCUT2D eigenvalue weighted by Gasteiger charge is 2.12. The van der Waals surface area contributed by atoms with Gasteiger partial charge in [-0.05, 0) is 30.3 Å². The Balaban J connectivity index is 1.41. The van der Waals surface area contributed by atoms with Gasteiger partial charge in [-0.1, -0.05) is 28.1 Å². The number of rotatable bonds is 5. The van der Waals surface area contributed by atoms with Gasteiger partial charge in [0.15, 0.2) is 5.65 Å². The number of esters is 1. The van der Waals surface area contributed by atoms with Crippen molar-refractivity contribution < 1.29 is 9.53 Å². The highest BCUT2D eigenvalue weighted by atomic mass is 79.9. The summed E-state index contributed by atoms with van der Waals surface area (Å²) < 4.78 is 10.5. The molecule has 0 saturated heterocycles. The van der Waals surface area contributed by atoms with E-state index in [9.17, 15) is 9.59 Å². The summed E-state index contributed by atoms with van der Waals surface area (Å²) in [4.78, 5) is 24.4. The lowest BCUT2D eigenvalue weighted by atomic mass is 10.3. The van der Waals surface area contributed by atoms with Crippen LogP contribution in [0.3, 0.4) is 0 Å². The van der Waals surface area contributed by atoms with E-state index < -0.39 is 5.97 Å². The topological polar surface area (TPSA) is 83.4 Å². The van der Waals surface area contributed by atoms with Crippen molar-refractivity contribution in [2.75, 3.05) is 6.61 Å². The molecule has 0 fully saturated rings. The van der Waals surface area contributed by atoms with Gasteiger partial charge in [0.05, 0.1) is 24.0 Å². The third kappa shape index (κ3) is 3.54. The zero-order valence-electron chi connectivity index (χ0n) is 14.0. The number of halogens is 1. The maximum absolute atomic E-state index is 12.2. The summed E-state index contributed by atoms with van der Waals surface area (Å²) in [5.74, 6) is -0.506. The van der Waals surface area contributed by atoms with E-state index in [0.717, 1.165) is 10.2 Å². The van der Waals surface area contributed by atoms with Crippen molar-refractivity contribution in [2.45, 2.75) is 6.54 Å². The molecule has 4 aromatic rings. The van der Waals surface area contributed by atoms with Gasteiger partial charge in [0.2, 0.25) is 0 Å². The maximum atomic E-state index is 12.2. The molecule has 3 aromatic heterocycles. The summed E-state index contributed by atoms with van der Waals surface area (Å²) in [6, 6.07) is 12.8. The molecular formula is C18H14BrN5O3. The van der Waals surface area contributed by atoms with Gasteiger partial charge in [0.25, 0.3) is 0 Å². The number of benzene rings is 1. The molecular weight excluding hydrogens is 414 g/mol. The van der Waals surface area contributed by atoms with Crippen molar-refractivity contribution in [3.63, 3.8) is 0 Å². The summed E-state index contributed by atoms with van der Waals surface area (Å²) in [6.45, 7) is 0.205. The summed E-state index contributed by atoms with van der Waals surface area (Å²) in [7, 11) is 0. The van der Waals surface area contributed by atoms with Gasteiger partial charge in [0.1, 0.15) is 6.61 Å². The van der Waals surface area contributed by atoms with Crippen molar-refractivity contribution in [3.8, 4) is 5.69 Å². The van der Waals surface area contributed by atoms with E-state index in [2.05, 4.69) is 26.1 Å². The molecule has 0 amide bonds. The first kappa shape index (κ1) is 17.2. The quantitative estimate of drug-likeness (QED) is 0.456. The van der Waals surface area contributed by atoms with Crippen molar-refractivity contribution in [1.82, 2.24) is 24.0 Å². The number of ether oxygens (including phenoxy) is 1. The third-order valence-electron chi connectivity index (χ3n) is 3.92. The molecule has 0 spiro atoms. The number of hydrogen-bond acceptors (Lipinski definition) is 5. The standard InChI is InChI=1S/C18H14BrN5O3/c19-14-4-3-5-15(10-14)24-12-13(11-20-24)17(25)27-9-8-23-18(26)22-7-2-1-6-16(22)21-23/h1-7,10-12H,8-9H2. The van der Waals surface area contributed by atoms with Crippen LogP contribution < -0.4 is 5.69 Å². The molecule has 8 nitrogen and oxygen atoms in total. The Morgan fingerprint density at radius 1 is 1.19 bits per heavy atom. The summed E-state index contributed by atoms with van der Waals surface area (Å²) >= 11 is 3.40. The molecule has 0 aliphatic carbocycles. The van der Waals surface area contributed by atoms with Crippen LogP contribution in [0.2, 0.25) is 0 Å². The molecule has 0 aliphatic rings. The Kier molecular flexibility index (Phi) is 4.59. The smallest absolute Gasteiger partial charge is 0.350 e. The van der Waals surface area contributed by atoms with Gasteiger partial charge < -0.3 is 4.74 Å². The van der Waals surface area contributed by atoms with Crippen LogP contribution in [-0.4, -0.2) is 36.5 Å². The van der Waals surface area contributed by atoms with Gasteiger partial charge in [-0.2, -0.15) is 5.10 Å². The van der Waals surface area contributed by atoms with Crippen molar-refractivity contribution >= 4 is 27.5 Å². The Hall–Kier alpha value is -3.20. The van der Waals surface area contributed by atoms with Gasteiger partial charge >= 0.3 is 11.7 Å². The molecule has 0 aliphatic heterocycles. The number of hydrogen-bond donors (Lipinski definition) is 0. The number of fused-ring (bicyclic) bond motifs is 1. The van der Waals surface area contributed by atoms with E-state index in [1.54, 1.807) is 35.3 Å². The number of pyridine rings is 1. The second-order valence-corrected chi connectivity index (χ2v) is 6.64. The lowest BCUT2D eigenvalue weighted by Gasteiger charge is -2.03. The third-order valence-corrected chi connectivity index (χ3v) is 4.41. The van der Waals surface area contributed by atoms with E-state index in [1.165, 1.54) is 15.3 Å². The number of aromatic nitrogens is 5. The summed E-state index contributed by atoms with van der Waals surface area (Å²) in [5, 5.41) is 8.37. The highest BCUT2D eigenvalue weighted by Crippen LogP contribution is 2.15. The molecule has 0 saturated carbocycles. The fraction of sp³-hybridized carbons (Fsp3) is 0.111.